The Hall–Kier alpha value is -2.65. The highest BCUT2D eigenvalue weighted by molar-refractivity contribution is 6.05. The maximum Gasteiger partial charge on any atom is 0.254 e. The molecule has 1 aromatic carbocycles. The number of carbonyl (C=O) groups excluding carboxylic acids is 3. The molecule has 1 saturated heterocycles. The standard InChI is InChI=1S/C15H14N2O4/c1-10-4-5-12(7-11(10)3-2-6-18)15(21)17-8-13(19)16-14(20)9-17/h4-5,7,18H,6,8-9H2,1H3,(H,16,19,20). The summed E-state index contributed by atoms with van der Waals surface area (Å²) in [6.45, 7) is 1.29. The largest absolute Gasteiger partial charge is 0.384 e. The van der Waals surface area contributed by atoms with Crippen molar-refractivity contribution in [2.24, 2.45) is 0 Å². The predicted octanol–water partition coefficient (Wildman–Crippen LogP) is -0.563. The van der Waals surface area contributed by atoms with Gasteiger partial charge < -0.3 is 10.0 Å². The summed E-state index contributed by atoms with van der Waals surface area (Å²) in [5.74, 6) is 3.90. The van der Waals surface area contributed by atoms with Crippen molar-refractivity contribution in [1.29, 1.82) is 0 Å². The quantitative estimate of drug-likeness (QED) is 0.535. The van der Waals surface area contributed by atoms with Crippen molar-refractivity contribution in [3.63, 3.8) is 0 Å². The number of aliphatic hydroxyl groups is 1. The Labute approximate surface area is 121 Å². The molecule has 2 N–H and O–H groups in total. The summed E-state index contributed by atoms with van der Waals surface area (Å²) in [5.41, 5.74) is 1.85. The van der Waals surface area contributed by atoms with Gasteiger partial charge in [0.05, 0.1) is 0 Å². The summed E-state index contributed by atoms with van der Waals surface area (Å²) in [6, 6.07) is 4.95. The second kappa shape index (κ2) is 6.20. The Morgan fingerprint density at radius 1 is 1.33 bits per heavy atom. The van der Waals surface area contributed by atoms with Crippen LogP contribution in [0.1, 0.15) is 21.5 Å². The number of rotatable bonds is 1. The van der Waals surface area contributed by atoms with Gasteiger partial charge in [-0.2, -0.15) is 0 Å². The molecule has 1 fully saturated rings. The average molecular weight is 286 g/mol. The molecule has 0 bridgehead atoms. The molecule has 1 aromatic rings. The van der Waals surface area contributed by atoms with E-state index in [9.17, 15) is 14.4 Å². The molecule has 0 aliphatic carbocycles. The first kappa shape index (κ1) is 14.8. The second-order valence-corrected chi connectivity index (χ2v) is 4.62. The third kappa shape index (κ3) is 3.46. The van der Waals surface area contributed by atoms with Crippen molar-refractivity contribution in [2.75, 3.05) is 19.7 Å². The highest BCUT2D eigenvalue weighted by Gasteiger charge is 2.27. The van der Waals surface area contributed by atoms with Crippen LogP contribution in [0.5, 0.6) is 0 Å². The predicted molar refractivity (Wildman–Crippen MR) is 74.2 cm³/mol. The zero-order valence-electron chi connectivity index (χ0n) is 11.5. The Morgan fingerprint density at radius 2 is 2.00 bits per heavy atom. The fourth-order valence-corrected chi connectivity index (χ4v) is 1.99. The van der Waals surface area contributed by atoms with Gasteiger partial charge in [-0.05, 0) is 24.6 Å². The summed E-state index contributed by atoms with van der Waals surface area (Å²) in [5, 5.41) is 10.9. The summed E-state index contributed by atoms with van der Waals surface area (Å²) in [4.78, 5) is 36.1. The Balaban J connectivity index is 2.27. The van der Waals surface area contributed by atoms with Crippen molar-refractivity contribution in [3.05, 3.63) is 34.9 Å². The number of hydrogen-bond acceptors (Lipinski definition) is 4. The Bertz CT molecular complexity index is 654. The fourth-order valence-electron chi connectivity index (χ4n) is 1.99. The first-order valence-electron chi connectivity index (χ1n) is 6.33. The first-order chi connectivity index (χ1) is 10.0. The van der Waals surface area contributed by atoms with E-state index >= 15 is 0 Å². The Morgan fingerprint density at radius 3 is 2.62 bits per heavy atom. The summed E-state index contributed by atoms with van der Waals surface area (Å²) >= 11 is 0. The van der Waals surface area contributed by atoms with E-state index in [1.807, 2.05) is 6.92 Å². The number of aliphatic hydroxyl groups excluding tert-OH is 1. The molecule has 108 valence electrons. The average Bonchev–Trinajstić information content (AvgIpc) is 2.44. The number of hydrogen-bond donors (Lipinski definition) is 2. The van der Waals surface area contributed by atoms with E-state index in [0.29, 0.717) is 11.1 Å². The van der Waals surface area contributed by atoms with E-state index in [-0.39, 0.29) is 19.7 Å². The van der Waals surface area contributed by atoms with Gasteiger partial charge >= 0.3 is 0 Å². The molecule has 2 rings (SSSR count). The Kier molecular flexibility index (Phi) is 4.36. The van der Waals surface area contributed by atoms with Crippen LogP contribution in [0.3, 0.4) is 0 Å². The van der Waals surface area contributed by atoms with Crippen molar-refractivity contribution in [2.45, 2.75) is 6.92 Å². The van der Waals surface area contributed by atoms with Crippen LogP contribution in [0.15, 0.2) is 18.2 Å². The van der Waals surface area contributed by atoms with Gasteiger partial charge in [0, 0.05) is 11.1 Å². The number of imide groups is 1. The number of amides is 3. The normalized spacial score (nSPS) is 14.3. The molecule has 0 atom stereocenters. The molecule has 1 aliphatic heterocycles. The van der Waals surface area contributed by atoms with E-state index in [1.54, 1.807) is 18.2 Å². The summed E-state index contributed by atoms with van der Waals surface area (Å²) in [6.07, 6.45) is 0. The highest BCUT2D eigenvalue weighted by atomic mass is 16.2. The zero-order chi connectivity index (χ0) is 15.4. The first-order valence-corrected chi connectivity index (χ1v) is 6.33. The monoisotopic (exact) mass is 286 g/mol. The lowest BCUT2D eigenvalue weighted by Gasteiger charge is -2.25. The van der Waals surface area contributed by atoms with Crippen LogP contribution in [-0.2, 0) is 9.59 Å². The summed E-state index contributed by atoms with van der Waals surface area (Å²) in [7, 11) is 0. The minimum absolute atomic E-state index is 0.143. The van der Waals surface area contributed by atoms with Crippen molar-refractivity contribution in [3.8, 4) is 11.8 Å². The molecule has 1 aliphatic rings. The molecule has 1 heterocycles. The van der Waals surface area contributed by atoms with Gasteiger partial charge in [-0.15, -0.1) is 0 Å². The molecule has 0 unspecified atom stereocenters. The third-order valence-electron chi connectivity index (χ3n) is 3.02. The maximum atomic E-state index is 12.3. The highest BCUT2D eigenvalue weighted by Crippen LogP contribution is 2.13. The van der Waals surface area contributed by atoms with Crippen LogP contribution in [-0.4, -0.2) is 47.4 Å². The van der Waals surface area contributed by atoms with E-state index in [1.165, 1.54) is 4.90 Å². The van der Waals surface area contributed by atoms with Gasteiger partial charge in [0.15, 0.2) is 0 Å². The third-order valence-corrected chi connectivity index (χ3v) is 3.02. The zero-order valence-corrected chi connectivity index (χ0v) is 11.5. The van der Waals surface area contributed by atoms with E-state index in [4.69, 9.17) is 5.11 Å². The van der Waals surface area contributed by atoms with Gasteiger partial charge in [0.2, 0.25) is 11.8 Å². The number of carbonyl (C=O) groups is 3. The van der Waals surface area contributed by atoms with Crippen molar-refractivity contribution in [1.82, 2.24) is 10.2 Å². The minimum Gasteiger partial charge on any atom is -0.384 e. The number of nitrogens with one attached hydrogen (secondary N) is 1. The number of nitrogens with zero attached hydrogens (tertiary/aromatic N) is 1. The smallest absolute Gasteiger partial charge is 0.254 e. The molecule has 0 radical (unpaired) electrons. The van der Waals surface area contributed by atoms with Gasteiger partial charge in [0.1, 0.15) is 19.7 Å². The van der Waals surface area contributed by atoms with Crippen LogP contribution >= 0.6 is 0 Å². The molecule has 6 nitrogen and oxygen atoms in total. The van der Waals surface area contributed by atoms with Gasteiger partial charge in [-0.25, -0.2) is 0 Å². The van der Waals surface area contributed by atoms with Crippen LogP contribution in [0.25, 0.3) is 0 Å². The lowest BCUT2D eigenvalue weighted by Crippen LogP contribution is -2.53. The van der Waals surface area contributed by atoms with Gasteiger partial charge in [0.25, 0.3) is 5.91 Å². The van der Waals surface area contributed by atoms with Crippen LogP contribution < -0.4 is 5.32 Å². The topological polar surface area (TPSA) is 86.7 Å². The molecular weight excluding hydrogens is 272 g/mol. The molecule has 0 spiro atoms. The van der Waals surface area contributed by atoms with Crippen molar-refractivity contribution < 1.29 is 19.5 Å². The van der Waals surface area contributed by atoms with E-state index in [0.717, 1.165) is 5.56 Å². The molecular formula is C15H14N2O4. The van der Waals surface area contributed by atoms with Crippen molar-refractivity contribution >= 4 is 17.7 Å². The van der Waals surface area contributed by atoms with Gasteiger partial charge in [-0.1, -0.05) is 17.9 Å². The molecule has 6 heteroatoms. The number of aryl methyl sites for hydroxylation is 1. The van der Waals surface area contributed by atoms with Gasteiger partial charge in [-0.3, -0.25) is 19.7 Å². The SMILES string of the molecule is Cc1ccc(C(=O)N2CC(=O)NC(=O)C2)cc1C#CCO. The fraction of sp³-hybridized carbons (Fsp3) is 0.267. The molecule has 0 saturated carbocycles. The number of piperazine rings is 1. The second-order valence-electron chi connectivity index (χ2n) is 4.62. The maximum absolute atomic E-state index is 12.3. The summed E-state index contributed by atoms with van der Waals surface area (Å²) < 4.78 is 0. The van der Waals surface area contributed by atoms with Crippen LogP contribution in [0.4, 0.5) is 0 Å². The number of benzene rings is 1. The molecule has 3 amide bonds. The molecule has 21 heavy (non-hydrogen) atoms. The van der Waals surface area contributed by atoms with E-state index in [2.05, 4.69) is 17.2 Å². The minimum atomic E-state index is -0.494. The lowest BCUT2D eigenvalue weighted by molar-refractivity contribution is -0.135. The van der Waals surface area contributed by atoms with Crippen LogP contribution in [0.2, 0.25) is 0 Å². The molecule has 0 aromatic heterocycles. The van der Waals surface area contributed by atoms with Crippen LogP contribution in [0, 0.1) is 18.8 Å². The van der Waals surface area contributed by atoms with E-state index < -0.39 is 17.7 Å². The lowest BCUT2D eigenvalue weighted by atomic mass is 10.0.